The van der Waals surface area contributed by atoms with Crippen LogP contribution in [0.4, 0.5) is 0 Å². The average molecular weight is 425 g/mol. The lowest BCUT2D eigenvalue weighted by molar-refractivity contribution is -0.134. The zero-order valence-corrected chi connectivity index (χ0v) is 17.6. The molecule has 0 atom stereocenters. The van der Waals surface area contributed by atoms with Gasteiger partial charge in [0.2, 0.25) is 0 Å². The third-order valence-corrected chi connectivity index (χ3v) is 4.78. The Hall–Kier alpha value is -3.55. The number of piperidine rings is 1. The van der Waals surface area contributed by atoms with E-state index in [0.717, 1.165) is 31.5 Å². The van der Waals surface area contributed by atoms with Gasteiger partial charge in [-0.05, 0) is 61.2 Å². The predicted octanol–water partition coefficient (Wildman–Crippen LogP) is 2.62. The number of hydrazone groups is 1. The van der Waals surface area contributed by atoms with Crippen molar-refractivity contribution in [3.8, 4) is 17.2 Å². The lowest BCUT2D eigenvalue weighted by Gasteiger charge is -2.26. The summed E-state index contributed by atoms with van der Waals surface area (Å²) in [5.74, 6) is 1.27. The number of nitrogens with zero attached hydrogens (tertiary/aromatic N) is 2. The number of amides is 2. The zero-order chi connectivity index (χ0) is 21.9. The van der Waals surface area contributed by atoms with Crippen molar-refractivity contribution in [1.29, 1.82) is 0 Å². The number of rotatable bonds is 9. The van der Waals surface area contributed by atoms with Crippen LogP contribution in [0, 0.1) is 0 Å². The molecule has 0 aliphatic carbocycles. The lowest BCUT2D eigenvalue weighted by atomic mass is 10.1. The first kappa shape index (κ1) is 22.1. The topological polar surface area (TPSA) is 89.5 Å². The molecule has 2 amide bonds. The number of hydrogen-bond acceptors (Lipinski definition) is 6. The largest absolute Gasteiger partial charge is 0.493 e. The second kappa shape index (κ2) is 11.6. The van der Waals surface area contributed by atoms with Gasteiger partial charge in [0.25, 0.3) is 11.8 Å². The van der Waals surface area contributed by atoms with Crippen LogP contribution in [-0.4, -0.2) is 56.3 Å². The number of para-hydroxylation sites is 2. The Kier molecular flexibility index (Phi) is 8.28. The van der Waals surface area contributed by atoms with E-state index in [1.54, 1.807) is 42.5 Å². The highest BCUT2D eigenvalue weighted by atomic mass is 16.5. The van der Waals surface area contributed by atoms with Crippen LogP contribution < -0.4 is 19.6 Å². The molecule has 8 heteroatoms. The fourth-order valence-corrected chi connectivity index (χ4v) is 3.12. The van der Waals surface area contributed by atoms with Gasteiger partial charge in [-0.2, -0.15) is 5.10 Å². The predicted molar refractivity (Wildman–Crippen MR) is 117 cm³/mol. The normalized spacial score (nSPS) is 13.6. The van der Waals surface area contributed by atoms with Gasteiger partial charge in [0.05, 0.1) is 13.3 Å². The average Bonchev–Trinajstić information content (AvgIpc) is 2.82. The van der Waals surface area contributed by atoms with E-state index in [1.807, 2.05) is 11.0 Å². The Morgan fingerprint density at radius 2 is 1.68 bits per heavy atom. The van der Waals surface area contributed by atoms with Crippen molar-refractivity contribution >= 4 is 18.0 Å². The number of likely N-dealkylation sites (tertiary alicyclic amines) is 1. The van der Waals surface area contributed by atoms with Crippen LogP contribution in [0.1, 0.15) is 24.8 Å². The molecule has 0 saturated carbocycles. The minimum Gasteiger partial charge on any atom is -0.493 e. The summed E-state index contributed by atoms with van der Waals surface area (Å²) in [4.78, 5) is 25.9. The Bertz CT molecular complexity index is 892. The molecule has 0 radical (unpaired) electrons. The molecule has 0 aromatic heterocycles. The van der Waals surface area contributed by atoms with Crippen LogP contribution in [0.25, 0.3) is 0 Å². The van der Waals surface area contributed by atoms with Gasteiger partial charge < -0.3 is 19.1 Å². The van der Waals surface area contributed by atoms with E-state index in [4.69, 9.17) is 14.2 Å². The van der Waals surface area contributed by atoms with E-state index in [0.29, 0.717) is 17.2 Å². The number of hydrogen-bond donors (Lipinski definition) is 1. The van der Waals surface area contributed by atoms with E-state index in [2.05, 4.69) is 10.5 Å². The summed E-state index contributed by atoms with van der Waals surface area (Å²) in [5, 5.41) is 3.92. The van der Waals surface area contributed by atoms with E-state index in [9.17, 15) is 9.59 Å². The van der Waals surface area contributed by atoms with Crippen molar-refractivity contribution in [2.45, 2.75) is 19.3 Å². The second-order valence-corrected chi connectivity index (χ2v) is 7.03. The fraction of sp³-hybridized carbons (Fsp3) is 0.348. The standard InChI is InChI=1S/C23H27N3O5/c1-29-20-7-3-4-8-21(20)31-16-22(27)25-24-15-18-9-11-19(12-10-18)30-17-23(28)26-13-5-2-6-14-26/h3-4,7-12,15H,2,5-6,13-14,16-17H2,1H3,(H,25,27)/b24-15-. The monoisotopic (exact) mass is 425 g/mol. The molecule has 2 aromatic carbocycles. The van der Waals surface area contributed by atoms with Crippen LogP contribution in [0.3, 0.4) is 0 Å². The molecular weight excluding hydrogens is 398 g/mol. The molecule has 2 aromatic rings. The third-order valence-electron chi connectivity index (χ3n) is 4.78. The van der Waals surface area contributed by atoms with Crippen LogP contribution in [-0.2, 0) is 9.59 Å². The summed E-state index contributed by atoms with van der Waals surface area (Å²) >= 11 is 0. The van der Waals surface area contributed by atoms with Crippen LogP contribution in [0.15, 0.2) is 53.6 Å². The van der Waals surface area contributed by atoms with Crippen molar-refractivity contribution in [2.75, 3.05) is 33.4 Å². The first-order chi connectivity index (χ1) is 15.2. The maximum atomic E-state index is 12.1. The van der Waals surface area contributed by atoms with Crippen molar-refractivity contribution < 1.29 is 23.8 Å². The van der Waals surface area contributed by atoms with Gasteiger partial charge in [0, 0.05) is 13.1 Å². The summed E-state index contributed by atoms with van der Waals surface area (Å²) in [6, 6.07) is 14.2. The molecule has 1 N–H and O–H groups in total. The number of methoxy groups -OCH3 is 1. The van der Waals surface area contributed by atoms with Gasteiger partial charge in [0.1, 0.15) is 5.75 Å². The quantitative estimate of drug-likeness (QED) is 0.493. The molecule has 0 unspecified atom stereocenters. The van der Waals surface area contributed by atoms with Crippen molar-refractivity contribution in [3.05, 3.63) is 54.1 Å². The van der Waals surface area contributed by atoms with Gasteiger partial charge in [-0.1, -0.05) is 12.1 Å². The van der Waals surface area contributed by atoms with Gasteiger partial charge in [0.15, 0.2) is 24.7 Å². The number of ether oxygens (including phenoxy) is 3. The number of nitrogens with one attached hydrogen (secondary N) is 1. The SMILES string of the molecule is COc1ccccc1OCC(=O)N/N=C\c1ccc(OCC(=O)N2CCCCC2)cc1. The Morgan fingerprint density at radius 3 is 2.39 bits per heavy atom. The molecule has 1 aliphatic heterocycles. The fourth-order valence-electron chi connectivity index (χ4n) is 3.12. The highest BCUT2D eigenvalue weighted by molar-refractivity contribution is 5.83. The Balaban J connectivity index is 1.39. The molecule has 1 fully saturated rings. The molecule has 164 valence electrons. The highest BCUT2D eigenvalue weighted by Crippen LogP contribution is 2.25. The first-order valence-electron chi connectivity index (χ1n) is 10.2. The summed E-state index contributed by atoms with van der Waals surface area (Å²) in [6.45, 7) is 1.48. The summed E-state index contributed by atoms with van der Waals surface area (Å²) in [7, 11) is 1.54. The van der Waals surface area contributed by atoms with E-state index < -0.39 is 5.91 Å². The van der Waals surface area contributed by atoms with E-state index in [1.165, 1.54) is 19.7 Å². The number of carbonyl (C=O) groups excluding carboxylic acids is 2. The Morgan fingerprint density at radius 1 is 0.968 bits per heavy atom. The van der Waals surface area contributed by atoms with E-state index in [-0.39, 0.29) is 19.1 Å². The van der Waals surface area contributed by atoms with Crippen molar-refractivity contribution in [1.82, 2.24) is 10.3 Å². The second-order valence-electron chi connectivity index (χ2n) is 7.03. The summed E-state index contributed by atoms with van der Waals surface area (Å²) < 4.78 is 16.2. The molecule has 1 saturated heterocycles. The molecule has 0 spiro atoms. The lowest BCUT2D eigenvalue weighted by Crippen LogP contribution is -2.38. The molecule has 8 nitrogen and oxygen atoms in total. The Labute approximate surface area is 181 Å². The van der Waals surface area contributed by atoms with E-state index >= 15 is 0 Å². The minimum atomic E-state index is -0.390. The number of benzene rings is 2. The number of carbonyl (C=O) groups is 2. The molecular formula is C23H27N3O5. The maximum Gasteiger partial charge on any atom is 0.277 e. The van der Waals surface area contributed by atoms with Crippen LogP contribution >= 0.6 is 0 Å². The first-order valence-corrected chi connectivity index (χ1v) is 10.2. The summed E-state index contributed by atoms with van der Waals surface area (Å²) in [6.07, 6.45) is 4.82. The van der Waals surface area contributed by atoms with Gasteiger partial charge in [-0.25, -0.2) is 5.43 Å². The smallest absolute Gasteiger partial charge is 0.277 e. The third kappa shape index (κ3) is 7.02. The van der Waals surface area contributed by atoms with Gasteiger partial charge >= 0.3 is 0 Å². The molecule has 3 rings (SSSR count). The van der Waals surface area contributed by atoms with Gasteiger partial charge in [-0.3, -0.25) is 9.59 Å². The molecule has 0 bridgehead atoms. The maximum absolute atomic E-state index is 12.1. The van der Waals surface area contributed by atoms with Gasteiger partial charge in [-0.15, -0.1) is 0 Å². The van der Waals surface area contributed by atoms with Crippen molar-refractivity contribution in [2.24, 2.45) is 5.10 Å². The van der Waals surface area contributed by atoms with Crippen LogP contribution in [0.5, 0.6) is 17.2 Å². The summed E-state index contributed by atoms with van der Waals surface area (Å²) in [5.41, 5.74) is 3.19. The zero-order valence-electron chi connectivity index (χ0n) is 17.6. The molecule has 1 heterocycles. The highest BCUT2D eigenvalue weighted by Gasteiger charge is 2.16. The molecule has 1 aliphatic rings. The van der Waals surface area contributed by atoms with Crippen molar-refractivity contribution in [3.63, 3.8) is 0 Å². The minimum absolute atomic E-state index is 0.0170. The molecule has 31 heavy (non-hydrogen) atoms. The van der Waals surface area contributed by atoms with Crippen LogP contribution in [0.2, 0.25) is 0 Å².